The van der Waals surface area contributed by atoms with Gasteiger partial charge in [-0.05, 0) is 32.6 Å². The van der Waals surface area contributed by atoms with Gasteiger partial charge in [-0.25, -0.2) is 15.5 Å². The van der Waals surface area contributed by atoms with Gasteiger partial charge in [0.05, 0.1) is 18.4 Å². The first-order valence-corrected chi connectivity index (χ1v) is 7.15. The predicted molar refractivity (Wildman–Crippen MR) is 75.3 cm³/mol. The van der Waals surface area contributed by atoms with E-state index in [1.807, 2.05) is 12.3 Å². The molecule has 112 valence electrons. The van der Waals surface area contributed by atoms with E-state index >= 15 is 0 Å². The second-order valence-corrected chi connectivity index (χ2v) is 5.25. The van der Waals surface area contributed by atoms with E-state index < -0.39 is 5.91 Å². The molecule has 2 heterocycles. The molecule has 0 saturated heterocycles. The van der Waals surface area contributed by atoms with Crippen molar-refractivity contribution in [3.05, 3.63) is 29.1 Å². The minimum absolute atomic E-state index is 0.224. The van der Waals surface area contributed by atoms with Gasteiger partial charge in [-0.2, -0.15) is 0 Å². The molecule has 8 heteroatoms. The average Bonchev–Trinajstić information content (AvgIpc) is 3.08. The zero-order valence-electron chi connectivity index (χ0n) is 12.0. The molecule has 1 aliphatic carbocycles. The van der Waals surface area contributed by atoms with E-state index in [9.17, 15) is 4.79 Å². The topological polar surface area (TPSA) is 104 Å². The zero-order valence-corrected chi connectivity index (χ0v) is 12.0. The van der Waals surface area contributed by atoms with Crippen LogP contribution in [0.15, 0.2) is 6.20 Å². The highest BCUT2D eigenvalue weighted by Gasteiger charge is 2.18. The molecule has 1 aliphatic rings. The molecule has 0 spiro atoms. The van der Waals surface area contributed by atoms with Gasteiger partial charge in [0.15, 0.2) is 5.69 Å². The molecule has 2 aromatic rings. The number of aromatic nitrogens is 5. The van der Waals surface area contributed by atoms with Gasteiger partial charge in [0.1, 0.15) is 5.82 Å². The van der Waals surface area contributed by atoms with Gasteiger partial charge in [-0.15, -0.1) is 5.10 Å². The molecule has 21 heavy (non-hydrogen) atoms. The predicted octanol–water partition coefficient (Wildman–Crippen LogP) is -0.0345. The molecule has 0 saturated carbocycles. The molecule has 0 radical (unpaired) electrons. The van der Waals surface area contributed by atoms with Crippen molar-refractivity contribution < 1.29 is 4.79 Å². The molecule has 3 rings (SSSR count). The molecule has 0 atom stereocenters. The van der Waals surface area contributed by atoms with E-state index in [2.05, 4.69) is 19.9 Å². The van der Waals surface area contributed by atoms with Crippen LogP contribution in [-0.4, -0.2) is 30.5 Å². The summed E-state index contributed by atoms with van der Waals surface area (Å²) in [4.78, 5) is 16.0. The minimum Gasteiger partial charge on any atom is -0.330 e. The molecule has 3 N–H and O–H groups in total. The van der Waals surface area contributed by atoms with Crippen LogP contribution >= 0.6 is 0 Å². The molecule has 1 amide bonds. The Morgan fingerprint density at radius 3 is 3.00 bits per heavy atom. The minimum atomic E-state index is -0.433. The van der Waals surface area contributed by atoms with E-state index in [-0.39, 0.29) is 5.69 Å². The fourth-order valence-electron chi connectivity index (χ4n) is 2.82. The summed E-state index contributed by atoms with van der Waals surface area (Å²) in [6, 6.07) is 0. The maximum Gasteiger partial charge on any atom is 0.287 e. The Hall–Kier alpha value is -2.22. The van der Waals surface area contributed by atoms with Crippen LogP contribution in [-0.2, 0) is 25.9 Å². The summed E-state index contributed by atoms with van der Waals surface area (Å²) in [5.41, 5.74) is 4.85. The number of aryl methyl sites for hydroxylation is 3. The molecular weight excluding hydrogens is 270 g/mol. The number of nitrogens with zero attached hydrogens (tertiary/aromatic N) is 5. The number of carbonyl (C=O) groups excluding carboxylic acids is 1. The number of hydrogen-bond donors (Lipinski definition) is 2. The fraction of sp³-hybridized carbons (Fsp3) is 0.538. The van der Waals surface area contributed by atoms with Gasteiger partial charge < -0.3 is 4.57 Å². The first-order chi connectivity index (χ1) is 10.2. The number of imidazole rings is 1. The summed E-state index contributed by atoms with van der Waals surface area (Å²) in [5, 5.41) is 7.74. The first kappa shape index (κ1) is 13.7. The molecule has 0 aromatic carbocycles. The van der Waals surface area contributed by atoms with Crippen molar-refractivity contribution in [1.29, 1.82) is 0 Å². The Kier molecular flexibility index (Phi) is 3.70. The molecule has 0 fully saturated rings. The van der Waals surface area contributed by atoms with Crippen molar-refractivity contribution in [2.75, 3.05) is 0 Å². The van der Waals surface area contributed by atoms with Gasteiger partial charge in [-0.3, -0.25) is 10.2 Å². The molecular formula is C13H19N7O. The van der Waals surface area contributed by atoms with Crippen LogP contribution in [0.2, 0.25) is 0 Å². The number of nitrogens with one attached hydrogen (secondary N) is 1. The summed E-state index contributed by atoms with van der Waals surface area (Å²) in [7, 11) is 0. The van der Waals surface area contributed by atoms with Crippen LogP contribution in [0.4, 0.5) is 0 Å². The average molecular weight is 289 g/mol. The molecule has 2 aromatic heterocycles. The van der Waals surface area contributed by atoms with Crippen LogP contribution in [0.3, 0.4) is 0 Å². The van der Waals surface area contributed by atoms with Crippen molar-refractivity contribution in [1.82, 2.24) is 30.0 Å². The van der Waals surface area contributed by atoms with Crippen molar-refractivity contribution >= 4 is 5.91 Å². The van der Waals surface area contributed by atoms with E-state index in [0.29, 0.717) is 6.54 Å². The highest BCUT2D eigenvalue weighted by Crippen LogP contribution is 2.22. The van der Waals surface area contributed by atoms with Gasteiger partial charge in [0.2, 0.25) is 0 Å². The van der Waals surface area contributed by atoms with Gasteiger partial charge in [-0.1, -0.05) is 5.21 Å². The molecule has 8 nitrogen and oxygen atoms in total. The zero-order chi connectivity index (χ0) is 14.8. The Labute approximate surface area is 122 Å². The number of amides is 1. The molecule has 0 bridgehead atoms. The quantitative estimate of drug-likeness (QED) is 0.467. The second kappa shape index (κ2) is 5.65. The van der Waals surface area contributed by atoms with Crippen LogP contribution in [0, 0.1) is 6.92 Å². The van der Waals surface area contributed by atoms with Crippen LogP contribution < -0.4 is 11.3 Å². The lowest BCUT2D eigenvalue weighted by atomic mass is 10.0. The number of hydrazine groups is 1. The lowest BCUT2D eigenvalue weighted by molar-refractivity contribution is 0.0948. The third-order valence-electron chi connectivity index (χ3n) is 3.88. The standard InChI is InChI=1S/C13H19N7O/c1-9-15-10-4-2-3-5-12(10)20(9)7-6-19-8-11(17-18-19)13(21)16-14/h8H,2-7,14H2,1H3,(H,16,21). The normalized spacial score (nSPS) is 14.0. The summed E-state index contributed by atoms with van der Waals surface area (Å²) < 4.78 is 3.90. The maximum absolute atomic E-state index is 11.3. The smallest absolute Gasteiger partial charge is 0.287 e. The van der Waals surface area contributed by atoms with E-state index in [1.165, 1.54) is 24.2 Å². The fourth-order valence-corrected chi connectivity index (χ4v) is 2.82. The van der Waals surface area contributed by atoms with Crippen molar-refractivity contribution in [2.45, 2.75) is 45.7 Å². The van der Waals surface area contributed by atoms with Crippen LogP contribution in [0.1, 0.15) is 40.5 Å². The van der Waals surface area contributed by atoms with Gasteiger partial charge in [0, 0.05) is 12.2 Å². The summed E-state index contributed by atoms with van der Waals surface area (Å²) in [6.07, 6.45) is 6.22. The van der Waals surface area contributed by atoms with Gasteiger partial charge >= 0.3 is 0 Å². The third-order valence-corrected chi connectivity index (χ3v) is 3.88. The Balaban J connectivity index is 1.72. The summed E-state index contributed by atoms with van der Waals surface area (Å²) >= 11 is 0. The number of nitrogens with two attached hydrogens (primary N) is 1. The monoisotopic (exact) mass is 289 g/mol. The summed E-state index contributed by atoms with van der Waals surface area (Å²) in [5.74, 6) is 5.68. The first-order valence-electron chi connectivity index (χ1n) is 7.15. The second-order valence-electron chi connectivity index (χ2n) is 5.25. The largest absolute Gasteiger partial charge is 0.330 e. The number of hydrogen-bond acceptors (Lipinski definition) is 5. The lowest BCUT2D eigenvalue weighted by Gasteiger charge is -2.14. The van der Waals surface area contributed by atoms with Crippen LogP contribution in [0.5, 0.6) is 0 Å². The van der Waals surface area contributed by atoms with Crippen LogP contribution in [0.25, 0.3) is 0 Å². The third kappa shape index (κ3) is 2.66. The number of nitrogen functional groups attached to an aromatic ring is 1. The van der Waals surface area contributed by atoms with E-state index in [4.69, 9.17) is 5.84 Å². The van der Waals surface area contributed by atoms with Gasteiger partial charge in [0.25, 0.3) is 5.91 Å². The molecule has 0 unspecified atom stereocenters. The number of carbonyl (C=O) groups is 1. The van der Waals surface area contributed by atoms with E-state index in [0.717, 1.165) is 25.2 Å². The van der Waals surface area contributed by atoms with Crippen molar-refractivity contribution in [3.63, 3.8) is 0 Å². The number of rotatable bonds is 4. The summed E-state index contributed by atoms with van der Waals surface area (Å²) in [6.45, 7) is 3.46. The highest BCUT2D eigenvalue weighted by molar-refractivity contribution is 5.91. The Morgan fingerprint density at radius 1 is 1.38 bits per heavy atom. The Bertz CT molecular complexity index is 658. The number of fused-ring (bicyclic) bond motifs is 1. The SMILES string of the molecule is Cc1nc2c(n1CCn1cc(C(=O)NN)nn1)CCCC2. The van der Waals surface area contributed by atoms with Crippen molar-refractivity contribution in [3.8, 4) is 0 Å². The van der Waals surface area contributed by atoms with E-state index in [1.54, 1.807) is 10.9 Å². The lowest BCUT2D eigenvalue weighted by Crippen LogP contribution is -2.30. The maximum atomic E-state index is 11.3. The Morgan fingerprint density at radius 2 is 2.19 bits per heavy atom. The highest BCUT2D eigenvalue weighted by atomic mass is 16.2. The molecule has 0 aliphatic heterocycles. The van der Waals surface area contributed by atoms with Crippen molar-refractivity contribution in [2.24, 2.45) is 5.84 Å².